The van der Waals surface area contributed by atoms with Crippen LogP contribution in [0.5, 0.6) is 0 Å². The second kappa shape index (κ2) is 7.14. The molecule has 2 aromatic carbocycles. The average molecular weight is 404 g/mol. The molecule has 0 aliphatic rings. The van der Waals surface area contributed by atoms with Gasteiger partial charge in [0.1, 0.15) is 11.3 Å². The number of aromatic nitrogens is 2. The number of carbonyl (C=O) groups is 1. The fraction of sp³-hybridized carbons (Fsp3) is 0.167. The standard InChI is InChI=1S/C18H15BrFN3O2/c1-2-14(10-6-8-11(19)9-7-10)21-18(25)16-17(24)12-4-3-5-13(20)15(12)22-23-16/h3-9,14H,2H2,1H3,(H,21,25)(H,22,24). The maximum Gasteiger partial charge on any atom is 0.276 e. The van der Waals surface area contributed by atoms with Crippen LogP contribution in [0.15, 0.2) is 51.7 Å². The summed E-state index contributed by atoms with van der Waals surface area (Å²) in [5.41, 5.74) is 0.0244. The minimum Gasteiger partial charge on any atom is -0.344 e. The highest BCUT2D eigenvalue weighted by atomic mass is 79.9. The van der Waals surface area contributed by atoms with E-state index in [1.165, 1.54) is 18.2 Å². The molecule has 1 unspecified atom stereocenters. The molecule has 0 bridgehead atoms. The molecule has 1 aromatic heterocycles. The van der Waals surface area contributed by atoms with Crippen LogP contribution in [0.2, 0.25) is 0 Å². The first kappa shape index (κ1) is 17.3. The van der Waals surface area contributed by atoms with Gasteiger partial charge in [-0.25, -0.2) is 4.39 Å². The molecule has 1 atom stereocenters. The summed E-state index contributed by atoms with van der Waals surface area (Å²) in [6.45, 7) is 1.93. The second-order valence-corrected chi connectivity index (χ2v) is 6.47. The first-order valence-electron chi connectivity index (χ1n) is 7.74. The van der Waals surface area contributed by atoms with Gasteiger partial charge in [-0.05, 0) is 36.2 Å². The lowest BCUT2D eigenvalue weighted by atomic mass is 10.0. The molecule has 1 amide bonds. The zero-order chi connectivity index (χ0) is 18.0. The molecule has 3 aromatic rings. The Morgan fingerprint density at radius 2 is 2.00 bits per heavy atom. The first-order chi connectivity index (χ1) is 12.0. The minimum atomic E-state index is -0.601. The number of halogens is 2. The van der Waals surface area contributed by atoms with Gasteiger partial charge in [0, 0.05) is 4.47 Å². The topological polar surface area (TPSA) is 74.8 Å². The molecule has 0 fully saturated rings. The van der Waals surface area contributed by atoms with E-state index in [9.17, 15) is 14.0 Å². The largest absolute Gasteiger partial charge is 0.344 e. The fourth-order valence-corrected chi connectivity index (χ4v) is 2.88. The van der Waals surface area contributed by atoms with Gasteiger partial charge in [-0.2, -0.15) is 5.10 Å². The lowest BCUT2D eigenvalue weighted by Crippen LogP contribution is -2.33. The highest BCUT2D eigenvalue weighted by molar-refractivity contribution is 9.10. The Balaban J connectivity index is 1.92. The summed E-state index contributed by atoms with van der Waals surface area (Å²) in [4.78, 5) is 25.0. The van der Waals surface area contributed by atoms with Crippen LogP contribution in [0.1, 0.15) is 35.4 Å². The number of benzene rings is 2. The van der Waals surface area contributed by atoms with Crippen molar-refractivity contribution in [2.45, 2.75) is 19.4 Å². The number of nitrogens with zero attached hydrogens (tertiary/aromatic N) is 1. The molecular formula is C18H15BrFN3O2. The highest BCUT2D eigenvalue weighted by Crippen LogP contribution is 2.20. The van der Waals surface area contributed by atoms with Gasteiger partial charge in [-0.1, -0.05) is 41.1 Å². The molecule has 25 heavy (non-hydrogen) atoms. The molecule has 0 radical (unpaired) electrons. The number of H-pyrrole nitrogens is 1. The van der Waals surface area contributed by atoms with Crippen molar-refractivity contribution < 1.29 is 9.18 Å². The third-order valence-electron chi connectivity index (χ3n) is 3.95. The predicted molar refractivity (Wildman–Crippen MR) is 97.0 cm³/mol. The van der Waals surface area contributed by atoms with Crippen molar-refractivity contribution in [1.82, 2.24) is 15.5 Å². The van der Waals surface area contributed by atoms with Crippen LogP contribution >= 0.6 is 15.9 Å². The predicted octanol–water partition coefficient (Wildman–Crippen LogP) is 3.71. The van der Waals surface area contributed by atoms with Crippen molar-refractivity contribution in [3.8, 4) is 0 Å². The molecule has 128 valence electrons. The first-order valence-corrected chi connectivity index (χ1v) is 8.53. The van der Waals surface area contributed by atoms with E-state index in [-0.39, 0.29) is 22.6 Å². The van der Waals surface area contributed by atoms with Crippen LogP contribution < -0.4 is 10.7 Å². The number of fused-ring (bicyclic) bond motifs is 1. The van der Waals surface area contributed by atoms with Crippen LogP contribution in [0.3, 0.4) is 0 Å². The number of hydrogen-bond donors (Lipinski definition) is 2. The van der Waals surface area contributed by atoms with Crippen molar-refractivity contribution in [3.63, 3.8) is 0 Å². The number of hydrogen-bond acceptors (Lipinski definition) is 3. The molecule has 1 heterocycles. The summed E-state index contributed by atoms with van der Waals surface area (Å²) in [7, 11) is 0. The number of rotatable bonds is 4. The van der Waals surface area contributed by atoms with Gasteiger partial charge < -0.3 is 5.32 Å². The fourth-order valence-electron chi connectivity index (χ4n) is 2.61. The third-order valence-corrected chi connectivity index (χ3v) is 4.48. The summed E-state index contributed by atoms with van der Waals surface area (Å²) in [5, 5.41) is 9.12. The molecule has 0 aliphatic heterocycles. The Bertz CT molecular complexity index is 986. The Labute approximate surface area is 151 Å². The summed E-state index contributed by atoms with van der Waals surface area (Å²) in [6, 6.07) is 11.4. The van der Waals surface area contributed by atoms with E-state index in [0.29, 0.717) is 6.42 Å². The van der Waals surface area contributed by atoms with E-state index >= 15 is 0 Å². The summed E-state index contributed by atoms with van der Waals surface area (Å²) in [6.07, 6.45) is 0.646. The van der Waals surface area contributed by atoms with E-state index < -0.39 is 17.2 Å². The molecule has 7 heteroatoms. The number of nitrogens with one attached hydrogen (secondary N) is 2. The highest BCUT2D eigenvalue weighted by Gasteiger charge is 2.20. The Morgan fingerprint density at radius 1 is 1.28 bits per heavy atom. The maximum absolute atomic E-state index is 13.7. The Kier molecular flexibility index (Phi) is 4.94. The lowest BCUT2D eigenvalue weighted by Gasteiger charge is -2.17. The Hall–Kier alpha value is -2.54. The summed E-state index contributed by atoms with van der Waals surface area (Å²) in [5.74, 6) is -1.18. The quantitative estimate of drug-likeness (QED) is 0.697. The molecule has 0 spiro atoms. The van der Waals surface area contributed by atoms with Gasteiger partial charge in [-0.15, -0.1) is 0 Å². The Morgan fingerprint density at radius 3 is 2.68 bits per heavy atom. The van der Waals surface area contributed by atoms with Crippen molar-refractivity contribution >= 4 is 32.7 Å². The molecule has 0 saturated carbocycles. The number of para-hydroxylation sites is 1. The summed E-state index contributed by atoms with van der Waals surface area (Å²) >= 11 is 3.37. The second-order valence-electron chi connectivity index (χ2n) is 5.55. The zero-order valence-electron chi connectivity index (χ0n) is 13.3. The van der Waals surface area contributed by atoms with Crippen molar-refractivity contribution in [2.75, 3.05) is 0 Å². The molecule has 2 N–H and O–H groups in total. The lowest BCUT2D eigenvalue weighted by molar-refractivity contribution is 0.0928. The minimum absolute atomic E-state index is 0.0102. The zero-order valence-corrected chi connectivity index (χ0v) is 14.9. The number of amides is 1. The van der Waals surface area contributed by atoms with E-state index in [4.69, 9.17) is 0 Å². The summed E-state index contributed by atoms with van der Waals surface area (Å²) < 4.78 is 14.6. The van der Waals surface area contributed by atoms with Gasteiger partial charge in [0.2, 0.25) is 5.43 Å². The molecule has 0 saturated heterocycles. The van der Waals surface area contributed by atoms with Crippen LogP contribution in [-0.4, -0.2) is 16.1 Å². The smallest absolute Gasteiger partial charge is 0.276 e. The van der Waals surface area contributed by atoms with Crippen molar-refractivity contribution in [3.05, 3.63) is 74.2 Å². The third kappa shape index (κ3) is 3.46. The van der Waals surface area contributed by atoms with Gasteiger partial charge >= 0.3 is 0 Å². The van der Waals surface area contributed by atoms with Crippen molar-refractivity contribution in [2.24, 2.45) is 0 Å². The van der Waals surface area contributed by atoms with Crippen molar-refractivity contribution in [1.29, 1.82) is 0 Å². The molecule has 0 aliphatic carbocycles. The monoisotopic (exact) mass is 403 g/mol. The van der Waals surface area contributed by atoms with Gasteiger partial charge in [0.05, 0.1) is 11.4 Å². The van der Waals surface area contributed by atoms with Crippen LogP contribution in [0.4, 0.5) is 4.39 Å². The van der Waals surface area contributed by atoms with Crippen LogP contribution in [0, 0.1) is 5.82 Å². The average Bonchev–Trinajstić information content (AvgIpc) is 2.61. The van der Waals surface area contributed by atoms with E-state index in [1.807, 2.05) is 31.2 Å². The SMILES string of the molecule is CCC(NC(=O)c1n[nH]c2c(F)cccc2c1=O)c1ccc(Br)cc1. The van der Waals surface area contributed by atoms with Crippen LogP contribution in [0.25, 0.3) is 10.9 Å². The van der Waals surface area contributed by atoms with Crippen LogP contribution in [-0.2, 0) is 0 Å². The maximum atomic E-state index is 13.7. The molecule has 3 rings (SSSR count). The van der Waals surface area contributed by atoms with E-state index in [2.05, 4.69) is 31.4 Å². The van der Waals surface area contributed by atoms with E-state index in [0.717, 1.165) is 10.0 Å². The van der Waals surface area contributed by atoms with E-state index in [1.54, 1.807) is 0 Å². The van der Waals surface area contributed by atoms with Gasteiger partial charge in [-0.3, -0.25) is 14.7 Å². The van der Waals surface area contributed by atoms with Gasteiger partial charge in [0.15, 0.2) is 5.69 Å². The van der Waals surface area contributed by atoms with Gasteiger partial charge in [0.25, 0.3) is 5.91 Å². The molecule has 5 nitrogen and oxygen atoms in total. The number of aromatic amines is 1. The normalized spacial score (nSPS) is 12.1. The molecular weight excluding hydrogens is 389 g/mol. The number of carbonyl (C=O) groups excluding carboxylic acids is 1.